The minimum atomic E-state index is -5.07. The van der Waals surface area contributed by atoms with Gasteiger partial charge in [0.25, 0.3) is 0 Å². The van der Waals surface area contributed by atoms with Crippen LogP contribution < -0.4 is 9.47 Å². The van der Waals surface area contributed by atoms with Crippen LogP contribution in [0.2, 0.25) is 0 Å². The van der Waals surface area contributed by atoms with Crippen molar-refractivity contribution in [3.8, 4) is 11.5 Å². The highest BCUT2D eigenvalue weighted by Gasteiger charge is 2.35. The first kappa shape index (κ1) is 23.7. The van der Waals surface area contributed by atoms with Crippen LogP contribution in [0.4, 0.5) is 26.3 Å². The lowest BCUT2D eigenvalue weighted by Crippen LogP contribution is -2.26. The second-order valence-electron chi connectivity index (χ2n) is 7.80. The van der Waals surface area contributed by atoms with Crippen LogP contribution in [-0.2, 0) is 0 Å². The summed E-state index contributed by atoms with van der Waals surface area (Å²) < 4.78 is 86.2. The van der Waals surface area contributed by atoms with Gasteiger partial charge in [-0.1, -0.05) is 58.3 Å². The second kappa shape index (κ2) is 10.4. The maximum absolute atomic E-state index is 14.1. The van der Waals surface area contributed by atoms with E-state index in [9.17, 15) is 26.3 Å². The molecule has 0 bridgehead atoms. The van der Waals surface area contributed by atoms with E-state index in [1.165, 1.54) is 25.7 Å². The maximum atomic E-state index is 14.1. The molecule has 29 heavy (non-hydrogen) atoms. The Balaban J connectivity index is 1.78. The smallest absolute Gasteiger partial charge is 0.432 e. The highest BCUT2D eigenvalue weighted by atomic mass is 19.4. The minimum absolute atomic E-state index is 0.214. The molecule has 0 unspecified atom stereocenters. The predicted octanol–water partition coefficient (Wildman–Crippen LogP) is 7.86. The molecule has 0 aromatic heterocycles. The van der Waals surface area contributed by atoms with Crippen LogP contribution in [-0.4, -0.2) is 12.5 Å². The number of unbranched alkanes of at least 4 members (excludes halogenated alkanes) is 2. The first-order chi connectivity index (χ1) is 13.6. The molecule has 0 N–H and O–H groups in total. The molecular weight excluding hydrogens is 398 g/mol. The van der Waals surface area contributed by atoms with Crippen molar-refractivity contribution < 1.29 is 35.8 Å². The molecule has 1 saturated carbocycles. The topological polar surface area (TPSA) is 18.5 Å². The van der Waals surface area contributed by atoms with Crippen LogP contribution in [0.3, 0.4) is 0 Å². The van der Waals surface area contributed by atoms with Crippen molar-refractivity contribution in [1.82, 2.24) is 0 Å². The predicted molar refractivity (Wildman–Crippen MR) is 97.5 cm³/mol. The Morgan fingerprint density at radius 1 is 0.897 bits per heavy atom. The van der Waals surface area contributed by atoms with E-state index in [1.807, 2.05) is 0 Å². The first-order valence-electron chi connectivity index (χ1n) is 10.2. The molecule has 1 aromatic carbocycles. The molecule has 2 rings (SSSR count). The fourth-order valence-electron chi connectivity index (χ4n) is 3.84. The molecule has 1 aromatic rings. The van der Waals surface area contributed by atoms with E-state index in [1.54, 1.807) is 0 Å². The molecule has 166 valence electrons. The Morgan fingerprint density at radius 3 is 2.07 bits per heavy atom. The number of hydrogen-bond acceptors (Lipinski definition) is 2. The zero-order valence-electron chi connectivity index (χ0n) is 16.5. The Kier molecular flexibility index (Phi) is 8.52. The quantitative estimate of drug-likeness (QED) is 0.280. The summed E-state index contributed by atoms with van der Waals surface area (Å²) in [7, 11) is 0. The lowest BCUT2D eigenvalue weighted by atomic mass is 9.78. The van der Waals surface area contributed by atoms with Gasteiger partial charge in [-0.2, -0.15) is 8.78 Å². The molecule has 0 radical (unpaired) electrons. The number of ether oxygens (including phenoxy) is 2. The molecule has 8 heteroatoms. The highest BCUT2D eigenvalue weighted by molar-refractivity contribution is 5.33. The van der Waals surface area contributed by atoms with Crippen molar-refractivity contribution in [2.24, 2.45) is 11.8 Å². The second-order valence-corrected chi connectivity index (χ2v) is 7.80. The molecule has 2 nitrogen and oxygen atoms in total. The van der Waals surface area contributed by atoms with E-state index in [0.29, 0.717) is 24.5 Å². The van der Waals surface area contributed by atoms with Crippen LogP contribution in [0, 0.1) is 17.7 Å². The van der Waals surface area contributed by atoms with E-state index in [2.05, 4.69) is 16.4 Å². The lowest BCUT2D eigenvalue weighted by Gasteiger charge is -2.29. The van der Waals surface area contributed by atoms with Gasteiger partial charge in [0.15, 0.2) is 11.6 Å². The lowest BCUT2D eigenvalue weighted by molar-refractivity contribution is -0.275. The number of benzene rings is 1. The molecule has 1 aliphatic carbocycles. The van der Waals surface area contributed by atoms with Gasteiger partial charge in [-0.15, -0.1) is 13.2 Å². The minimum Gasteiger partial charge on any atom is -0.432 e. The SMILES string of the molecule is CCCCCC1CCC(CCC(F)(F)Oc2ccc(OC(F)(F)F)c(F)c2)CC1. The van der Waals surface area contributed by atoms with Gasteiger partial charge in [0.2, 0.25) is 0 Å². The third-order valence-corrected chi connectivity index (χ3v) is 5.42. The zero-order valence-corrected chi connectivity index (χ0v) is 16.5. The van der Waals surface area contributed by atoms with E-state index >= 15 is 0 Å². The molecule has 1 aliphatic rings. The van der Waals surface area contributed by atoms with Gasteiger partial charge in [0.05, 0.1) is 6.42 Å². The van der Waals surface area contributed by atoms with E-state index < -0.39 is 36.2 Å². The summed E-state index contributed by atoms with van der Waals surface area (Å²) in [6, 6.07) is 1.92. The summed E-state index contributed by atoms with van der Waals surface area (Å²) in [6.07, 6.45) is 0.0155. The number of hydrogen-bond donors (Lipinski definition) is 0. The first-order valence-corrected chi connectivity index (χ1v) is 10.2. The summed E-state index contributed by atoms with van der Waals surface area (Å²) in [6.45, 7) is 2.16. The summed E-state index contributed by atoms with van der Waals surface area (Å²) in [5.74, 6) is -2.15. The molecule has 0 saturated heterocycles. The van der Waals surface area contributed by atoms with Gasteiger partial charge in [-0.3, -0.25) is 0 Å². The van der Waals surface area contributed by atoms with Crippen LogP contribution in [0.1, 0.15) is 71.1 Å². The van der Waals surface area contributed by atoms with Gasteiger partial charge in [-0.25, -0.2) is 4.39 Å². The van der Waals surface area contributed by atoms with Crippen molar-refractivity contribution >= 4 is 0 Å². The van der Waals surface area contributed by atoms with Gasteiger partial charge >= 0.3 is 12.5 Å². The van der Waals surface area contributed by atoms with Gasteiger partial charge in [-0.05, 0) is 30.4 Å². The van der Waals surface area contributed by atoms with Crippen LogP contribution >= 0.6 is 0 Å². The van der Waals surface area contributed by atoms with E-state index in [0.717, 1.165) is 31.7 Å². The average molecular weight is 426 g/mol. The largest absolute Gasteiger partial charge is 0.573 e. The van der Waals surface area contributed by atoms with Gasteiger partial charge in [0.1, 0.15) is 5.75 Å². The fraction of sp³-hybridized carbons (Fsp3) is 0.714. The molecule has 1 fully saturated rings. The van der Waals surface area contributed by atoms with E-state index in [-0.39, 0.29) is 5.92 Å². The number of halogens is 6. The monoisotopic (exact) mass is 426 g/mol. The summed E-state index contributed by atoms with van der Waals surface area (Å²) >= 11 is 0. The van der Waals surface area contributed by atoms with Crippen molar-refractivity contribution in [1.29, 1.82) is 0 Å². The van der Waals surface area contributed by atoms with Crippen LogP contribution in [0.5, 0.6) is 11.5 Å². The molecule has 0 spiro atoms. The normalized spacial score (nSPS) is 20.5. The molecular formula is C21H28F6O2. The summed E-state index contributed by atoms with van der Waals surface area (Å²) in [5.41, 5.74) is 0. The van der Waals surface area contributed by atoms with Crippen molar-refractivity contribution in [2.45, 2.75) is 83.6 Å². The Morgan fingerprint density at radius 2 is 1.52 bits per heavy atom. The highest BCUT2D eigenvalue weighted by Crippen LogP contribution is 2.37. The fourth-order valence-corrected chi connectivity index (χ4v) is 3.84. The Labute approximate surface area is 167 Å². The maximum Gasteiger partial charge on any atom is 0.573 e. The van der Waals surface area contributed by atoms with Crippen LogP contribution in [0.25, 0.3) is 0 Å². The number of rotatable bonds is 10. The summed E-state index contributed by atoms with van der Waals surface area (Å²) in [4.78, 5) is 0. The Bertz CT molecular complexity index is 624. The van der Waals surface area contributed by atoms with Crippen LogP contribution in [0.15, 0.2) is 18.2 Å². The zero-order chi connectivity index (χ0) is 21.5. The molecule has 0 amide bonds. The van der Waals surface area contributed by atoms with Crippen molar-refractivity contribution in [3.05, 3.63) is 24.0 Å². The molecule has 0 aliphatic heterocycles. The number of alkyl halides is 5. The molecule has 0 atom stereocenters. The average Bonchev–Trinajstić information content (AvgIpc) is 2.62. The van der Waals surface area contributed by atoms with Crippen molar-refractivity contribution in [2.75, 3.05) is 0 Å². The summed E-state index contributed by atoms with van der Waals surface area (Å²) in [5, 5.41) is 0. The molecule has 0 heterocycles. The van der Waals surface area contributed by atoms with Gasteiger partial charge in [0, 0.05) is 6.07 Å². The van der Waals surface area contributed by atoms with E-state index in [4.69, 9.17) is 0 Å². The third kappa shape index (κ3) is 8.74. The van der Waals surface area contributed by atoms with Crippen molar-refractivity contribution in [3.63, 3.8) is 0 Å². The Hall–Kier alpha value is -1.60. The van der Waals surface area contributed by atoms with Gasteiger partial charge < -0.3 is 9.47 Å². The standard InChI is InChI=1S/C21H28F6O2/c1-2-3-4-5-15-6-8-16(9-7-15)12-13-20(23,24)28-17-10-11-19(18(22)14-17)29-21(25,26)27/h10-11,14-16H,2-9,12-13H2,1H3. The third-order valence-electron chi connectivity index (χ3n) is 5.42.